The fourth-order valence-corrected chi connectivity index (χ4v) is 4.26. The third kappa shape index (κ3) is 5.70. The minimum Gasteiger partial charge on any atom is -0.229 e. The first-order valence-corrected chi connectivity index (χ1v) is 11.2. The number of nitrogens with zero attached hydrogens (tertiary/aromatic N) is 1. The van der Waals surface area contributed by atoms with Gasteiger partial charge in [-0.25, -0.2) is 4.58 Å². The maximum Gasteiger partial charge on any atom is 0.416 e. The second kappa shape index (κ2) is 10.0. The van der Waals surface area contributed by atoms with Gasteiger partial charge in [0.2, 0.25) is 0 Å². The summed E-state index contributed by atoms with van der Waals surface area (Å²) in [5.41, 5.74) is 2.46. The van der Waals surface area contributed by atoms with E-state index in [-0.39, 0.29) is 6.04 Å². The number of benzene rings is 4. The summed E-state index contributed by atoms with van der Waals surface area (Å²) in [5, 5.41) is 2.42. The standard InChI is InChI=1S/C29H27F3N/c1-22(27-18-8-15-25-14-5-6-17-28(25)27)33(21-24-10-3-2-4-11-24)19-9-13-23-12-7-16-26(20-23)29(30,31)32/h2-8,10-12,14-18,20-22H,9,13,19H2,1H3/q+1/b33-21+. The Hall–Kier alpha value is -3.40. The van der Waals surface area contributed by atoms with Crippen molar-refractivity contribution in [3.8, 4) is 0 Å². The summed E-state index contributed by atoms with van der Waals surface area (Å²) in [6, 6.07) is 30.6. The van der Waals surface area contributed by atoms with Crippen LogP contribution in [0.15, 0.2) is 97.1 Å². The highest BCUT2D eigenvalue weighted by Crippen LogP contribution is 2.30. The quantitative estimate of drug-likeness (QED) is 0.202. The van der Waals surface area contributed by atoms with E-state index in [1.54, 1.807) is 6.07 Å². The molecule has 33 heavy (non-hydrogen) atoms. The van der Waals surface area contributed by atoms with Crippen molar-refractivity contribution in [2.45, 2.75) is 32.0 Å². The first kappa shape index (κ1) is 22.8. The van der Waals surface area contributed by atoms with Gasteiger partial charge < -0.3 is 0 Å². The van der Waals surface area contributed by atoms with Crippen LogP contribution in [0.3, 0.4) is 0 Å². The Morgan fingerprint density at radius 1 is 0.818 bits per heavy atom. The molecule has 0 aliphatic heterocycles. The van der Waals surface area contributed by atoms with Gasteiger partial charge in [-0.05, 0) is 41.0 Å². The van der Waals surface area contributed by atoms with Crippen molar-refractivity contribution in [3.63, 3.8) is 0 Å². The highest BCUT2D eigenvalue weighted by molar-refractivity contribution is 5.86. The van der Waals surface area contributed by atoms with E-state index in [9.17, 15) is 13.2 Å². The van der Waals surface area contributed by atoms with Crippen molar-refractivity contribution in [2.75, 3.05) is 6.54 Å². The zero-order valence-electron chi connectivity index (χ0n) is 18.6. The molecular formula is C29H27F3N+. The van der Waals surface area contributed by atoms with Crippen LogP contribution in [0, 0.1) is 0 Å². The van der Waals surface area contributed by atoms with Crippen molar-refractivity contribution in [1.82, 2.24) is 0 Å². The lowest BCUT2D eigenvalue weighted by Crippen LogP contribution is -2.20. The van der Waals surface area contributed by atoms with Crippen molar-refractivity contribution >= 4 is 17.0 Å². The molecule has 4 aromatic rings. The zero-order valence-corrected chi connectivity index (χ0v) is 18.6. The summed E-state index contributed by atoms with van der Waals surface area (Å²) in [7, 11) is 0. The number of halogens is 3. The Labute approximate surface area is 192 Å². The van der Waals surface area contributed by atoms with Crippen LogP contribution in [0.5, 0.6) is 0 Å². The van der Waals surface area contributed by atoms with E-state index in [2.05, 4.69) is 66.2 Å². The maximum absolute atomic E-state index is 13.1. The lowest BCUT2D eigenvalue weighted by molar-refractivity contribution is -0.564. The Morgan fingerprint density at radius 3 is 2.30 bits per heavy atom. The maximum atomic E-state index is 13.1. The van der Waals surface area contributed by atoms with E-state index >= 15 is 0 Å². The number of hydrogen-bond acceptors (Lipinski definition) is 0. The van der Waals surface area contributed by atoms with Gasteiger partial charge in [-0.15, -0.1) is 0 Å². The Bertz CT molecular complexity index is 1240. The van der Waals surface area contributed by atoms with Crippen molar-refractivity contribution in [2.24, 2.45) is 0 Å². The molecule has 1 atom stereocenters. The third-order valence-electron chi connectivity index (χ3n) is 6.02. The van der Waals surface area contributed by atoms with Gasteiger partial charge in [0.15, 0.2) is 12.3 Å². The van der Waals surface area contributed by atoms with Crippen LogP contribution in [-0.4, -0.2) is 17.3 Å². The van der Waals surface area contributed by atoms with Crippen LogP contribution in [0.2, 0.25) is 0 Å². The number of hydrogen-bond donors (Lipinski definition) is 0. The Kier molecular flexibility index (Phi) is 6.93. The SMILES string of the molecule is CC(c1cccc2ccccc12)/[N+](=C/c1ccccc1)CCCc1cccc(C(F)(F)F)c1. The molecule has 0 aliphatic rings. The molecule has 4 rings (SSSR count). The van der Waals surface area contributed by atoms with Crippen molar-refractivity contribution in [1.29, 1.82) is 0 Å². The van der Waals surface area contributed by atoms with Gasteiger partial charge in [-0.1, -0.05) is 78.9 Å². The number of aryl methyl sites for hydroxylation is 1. The fraction of sp³-hybridized carbons (Fsp3) is 0.207. The first-order valence-electron chi connectivity index (χ1n) is 11.2. The fourth-order valence-electron chi connectivity index (χ4n) is 4.26. The smallest absolute Gasteiger partial charge is 0.229 e. The molecule has 0 aliphatic carbocycles. The molecule has 0 aromatic heterocycles. The number of fused-ring (bicyclic) bond motifs is 1. The average molecular weight is 447 g/mol. The zero-order chi connectivity index (χ0) is 23.3. The van der Waals surface area contributed by atoms with Crippen LogP contribution >= 0.6 is 0 Å². The topological polar surface area (TPSA) is 3.01 Å². The molecule has 0 radical (unpaired) electrons. The Morgan fingerprint density at radius 2 is 1.52 bits per heavy atom. The highest BCUT2D eigenvalue weighted by atomic mass is 19.4. The molecule has 0 spiro atoms. The molecule has 0 fully saturated rings. The third-order valence-corrected chi connectivity index (χ3v) is 6.02. The number of rotatable bonds is 7. The lowest BCUT2D eigenvalue weighted by atomic mass is 9.99. The molecule has 0 saturated heterocycles. The minimum atomic E-state index is -4.31. The van der Waals surface area contributed by atoms with E-state index in [4.69, 9.17) is 0 Å². The lowest BCUT2D eigenvalue weighted by Gasteiger charge is -2.15. The molecule has 0 saturated carbocycles. The molecule has 4 aromatic carbocycles. The molecular weight excluding hydrogens is 419 g/mol. The summed E-state index contributed by atoms with van der Waals surface area (Å²) in [4.78, 5) is 0. The second-order valence-corrected chi connectivity index (χ2v) is 8.32. The number of alkyl halides is 3. The summed E-state index contributed by atoms with van der Waals surface area (Å²) in [6.45, 7) is 2.92. The van der Waals surface area contributed by atoms with Gasteiger partial charge in [0.05, 0.1) is 5.56 Å². The predicted octanol–water partition coefficient (Wildman–Crippen LogP) is 7.68. The monoisotopic (exact) mass is 446 g/mol. The molecule has 1 unspecified atom stereocenters. The van der Waals surface area contributed by atoms with E-state index in [1.165, 1.54) is 28.5 Å². The van der Waals surface area contributed by atoms with E-state index in [0.29, 0.717) is 12.0 Å². The molecule has 0 N–H and O–H groups in total. The predicted molar refractivity (Wildman–Crippen MR) is 129 cm³/mol. The first-order chi connectivity index (χ1) is 15.9. The molecule has 168 valence electrons. The van der Waals surface area contributed by atoms with Crippen LogP contribution in [0.1, 0.15) is 41.6 Å². The highest BCUT2D eigenvalue weighted by Gasteiger charge is 2.30. The second-order valence-electron chi connectivity index (χ2n) is 8.32. The van der Waals surface area contributed by atoms with Crippen molar-refractivity contribution < 1.29 is 17.7 Å². The van der Waals surface area contributed by atoms with E-state index in [1.807, 2.05) is 24.3 Å². The van der Waals surface area contributed by atoms with E-state index < -0.39 is 11.7 Å². The van der Waals surface area contributed by atoms with Gasteiger partial charge in [0.1, 0.15) is 6.54 Å². The molecule has 4 heteroatoms. The molecule has 0 bridgehead atoms. The molecule has 0 heterocycles. The summed E-state index contributed by atoms with van der Waals surface area (Å²) >= 11 is 0. The van der Waals surface area contributed by atoms with Crippen LogP contribution in [-0.2, 0) is 12.6 Å². The van der Waals surface area contributed by atoms with Gasteiger partial charge >= 0.3 is 6.18 Å². The van der Waals surface area contributed by atoms with Gasteiger partial charge in [0, 0.05) is 24.5 Å². The van der Waals surface area contributed by atoms with Crippen LogP contribution in [0.25, 0.3) is 10.8 Å². The summed E-state index contributed by atoms with van der Waals surface area (Å²) in [5.74, 6) is 0. The van der Waals surface area contributed by atoms with E-state index in [0.717, 1.165) is 24.6 Å². The minimum absolute atomic E-state index is 0.109. The molecule has 1 nitrogen and oxygen atoms in total. The average Bonchev–Trinajstić information content (AvgIpc) is 2.83. The van der Waals surface area contributed by atoms with Gasteiger partial charge in [-0.2, -0.15) is 13.2 Å². The Balaban J connectivity index is 1.59. The summed E-state index contributed by atoms with van der Waals surface area (Å²) < 4.78 is 41.5. The van der Waals surface area contributed by atoms with Crippen molar-refractivity contribution in [3.05, 3.63) is 119 Å². The normalized spacial score (nSPS) is 13.3. The van der Waals surface area contributed by atoms with Gasteiger partial charge in [0.25, 0.3) is 0 Å². The largest absolute Gasteiger partial charge is 0.416 e. The van der Waals surface area contributed by atoms with Gasteiger partial charge in [-0.3, -0.25) is 0 Å². The summed E-state index contributed by atoms with van der Waals surface area (Å²) in [6.07, 6.45) is -0.824. The molecule has 0 amide bonds. The van der Waals surface area contributed by atoms with Crippen LogP contribution < -0.4 is 0 Å². The van der Waals surface area contributed by atoms with Crippen LogP contribution in [0.4, 0.5) is 13.2 Å².